The average molecular weight is 292 g/mol. The van der Waals surface area contributed by atoms with Gasteiger partial charge in [-0.15, -0.1) is 0 Å². The summed E-state index contributed by atoms with van der Waals surface area (Å²) in [6, 6.07) is 0. The minimum atomic E-state index is -0.340. The highest BCUT2D eigenvalue weighted by Gasteiger charge is 2.17. The summed E-state index contributed by atoms with van der Waals surface area (Å²) >= 11 is -0.340. The van der Waals surface area contributed by atoms with Crippen LogP contribution in [0, 0.1) is 5.92 Å². The molecule has 0 aliphatic carbocycles. The fourth-order valence-corrected chi connectivity index (χ4v) is 7.99. The van der Waals surface area contributed by atoms with E-state index in [0.29, 0.717) is 0 Å². The van der Waals surface area contributed by atoms with Gasteiger partial charge in [-0.25, -0.2) is 0 Å². The second-order valence-corrected chi connectivity index (χ2v) is 11.2. The summed E-state index contributed by atoms with van der Waals surface area (Å²) < 4.78 is 0. The predicted molar refractivity (Wildman–Crippen MR) is 92.9 cm³/mol. The first-order chi connectivity index (χ1) is 9.95. The van der Waals surface area contributed by atoms with Gasteiger partial charge in [0.25, 0.3) is 14.1 Å². The van der Waals surface area contributed by atoms with E-state index in [-0.39, 0.29) is 14.1 Å². The van der Waals surface area contributed by atoms with Crippen molar-refractivity contribution < 1.29 is 0 Å². The van der Waals surface area contributed by atoms with E-state index in [1.807, 2.05) is 0 Å². The van der Waals surface area contributed by atoms with Gasteiger partial charge in [0.15, 0.2) is 0 Å². The Hall–Kier alpha value is 0.532. The summed E-state index contributed by atoms with van der Waals surface area (Å²) in [5, 5.41) is 5.05. The van der Waals surface area contributed by atoms with E-state index in [1.54, 1.807) is 73.6 Å². The van der Waals surface area contributed by atoms with Crippen LogP contribution in [0.15, 0.2) is 0 Å². The molecule has 0 saturated carbocycles. The fourth-order valence-electron chi connectivity index (χ4n) is 4.52. The van der Waals surface area contributed by atoms with Crippen LogP contribution in [0.1, 0.15) is 96.3 Å². The van der Waals surface area contributed by atoms with Crippen molar-refractivity contribution in [1.29, 1.82) is 0 Å². The van der Waals surface area contributed by atoms with Crippen molar-refractivity contribution in [2.24, 2.45) is 5.92 Å². The molecule has 3 rings (SSSR count). The van der Waals surface area contributed by atoms with Crippen LogP contribution < -0.4 is 0 Å². The van der Waals surface area contributed by atoms with E-state index >= 15 is 0 Å². The lowest BCUT2D eigenvalue weighted by Crippen LogP contribution is -2.12. The van der Waals surface area contributed by atoms with Gasteiger partial charge in [-0.3, -0.25) is 0 Å². The van der Waals surface area contributed by atoms with E-state index in [1.165, 1.54) is 38.5 Å². The third kappa shape index (κ3) is 7.52. The first-order valence-corrected chi connectivity index (χ1v) is 12.4. The van der Waals surface area contributed by atoms with Gasteiger partial charge >= 0.3 is 0 Å². The van der Waals surface area contributed by atoms with E-state index in [9.17, 15) is 0 Å². The largest absolute Gasteiger partial charge is 0.261 e. The molecule has 3 aliphatic heterocycles. The lowest BCUT2D eigenvalue weighted by atomic mass is 9.89. The molecule has 1 heteroatoms. The van der Waals surface area contributed by atoms with E-state index in [4.69, 9.17) is 0 Å². The minimum Gasteiger partial charge on any atom is -0.0939 e. The van der Waals surface area contributed by atoms with Crippen molar-refractivity contribution in [2.45, 2.75) is 112 Å². The molecule has 2 bridgehead atoms. The van der Waals surface area contributed by atoms with Gasteiger partial charge in [-0.1, -0.05) is 112 Å². The molecule has 0 nitrogen and oxygen atoms in total. The summed E-state index contributed by atoms with van der Waals surface area (Å²) in [6.07, 6.45) is 23.3. The molecule has 20 heavy (non-hydrogen) atoms. The van der Waals surface area contributed by atoms with Gasteiger partial charge < -0.3 is 0 Å². The lowest BCUT2D eigenvalue weighted by Gasteiger charge is -2.19. The Balaban J connectivity index is 1.89. The molecule has 3 heterocycles. The van der Waals surface area contributed by atoms with Crippen LogP contribution in [0.5, 0.6) is 0 Å². The van der Waals surface area contributed by atoms with Crippen LogP contribution in [-0.2, 0) is 0 Å². The maximum atomic E-state index is 1.68. The van der Waals surface area contributed by atoms with Crippen molar-refractivity contribution >= 4 is 14.1 Å². The zero-order chi connectivity index (χ0) is 13.9. The van der Waals surface area contributed by atoms with Gasteiger partial charge in [-0.2, -0.15) is 0 Å². The predicted octanol–water partition coefficient (Wildman–Crippen LogP) is 6.98. The molecular weight excluding hydrogens is 255 g/mol. The Morgan fingerprint density at radius 2 is 0.750 bits per heavy atom. The monoisotopic (exact) mass is 292 g/mol. The molecule has 0 aromatic rings. The molecule has 3 fully saturated rings. The standard InChI is InChI=1S/C19H37.Al/c1-4-7-10-13-16-19(17-14-11-8-5-2)18-15-12-9-6-3;/h19H,1-18H2;. The average Bonchev–Trinajstić information content (AvgIpc) is 2.47. The van der Waals surface area contributed by atoms with Gasteiger partial charge in [0, 0.05) is 0 Å². The second kappa shape index (κ2) is 11.1. The van der Waals surface area contributed by atoms with Crippen LogP contribution in [0.4, 0.5) is 0 Å². The highest BCUT2D eigenvalue weighted by Crippen LogP contribution is 2.27. The molecule has 0 radical (unpaired) electrons. The third-order valence-electron chi connectivity index (χ3n) is 5.92. The van der Waals surface area contributed by atoms with Crippen molar-refractivity contribution in [3.63, 3.8) is 0 Å². The molecule has 0 atom stereocenters. The highest BCUT2D eigenvalue weighted by molar-refractivity contribution is 6.58. The summed E-state index contributed by atoms with van der Waals surface area (Å²) in [4.78, 5) is 0. The highest BCUT2D eigenvalue weighted by atomic mass is 27.2. The number of fused-ring (bicyclic) bond motifs is 15. The molecule has 3 aliphatic rings. The van der Waals surface area contributed by atoms with E-state index < -0.39 is 0 Å². The first-order valence-electron chi connectivity index (χ1n) is 9.95. The van der Waals surface area contributed by atoms with Crippen molar-refractivity contribution in [3.05, 3.63) is 0 Å². The van der Waals surface area contributed by atoms with Crippen LogP contribution >= 0.6 is 0 Å². The normalized spacial score (nSPS) is 26.1. The Labute approximate surface area is 132 Å². The van der Waals surface area contributed by atoms with Crippen LogP contribution in [0.3, 0.4) is 0 Å². The van der Waals surface area contributed by atoms with Gasteiger partial charge in [0.2, 0.25) is 0 Å². The Morgan fingerprint density at radius 1 is 0.400 bits per heavy atom. The maximum absolute atomic E-state index is 1.68. The lowest BCUT2D eigenvalue weighted by molar-refractivity contribution is 0.367. The third-order valence-corrected chi connectivity index (χ3v) is 9.60. The number of hydrogen-bond acceptors (Lipinski definition) is 0. The van der Waals surface area contributed by atoms with Gasteiger partial charge in [0.05, 0.1) is 0 Å². The number of rotatable bonds is 0. The van der Waals surface area contributed by atoms with E-state index in [2.05, 4.69) is 0 Å². The molecule has 0 amide bonds. The van der Waals surface area contributed by atoms with E-state index in [0.717, 1.165) is 5.92 Å². The zero-order valence-corrected chi connectivity index (χ0v) is 15.0. The van der Waals surface area contributed by atoms with Crippen molar-refractivity contribution in [3.8, 4) is 0 Å². The molecule has 0 aromatic heterocycles. The molecule has 0 unspecified atom stereocenters. The second-order valence-electron chi connectivity index (χ2n) is 7.71. The van der Waals surface area contributed by atoms with Crippen LogP contribution in [0.25, 0.3) is 0 Å². The molecule has 0 aromatic carbocycles. The van der Waals surface area contributed by atoms with Crippen LogP contribution in [-0.4, -0.2) is 14.1 Å². The summed E-state index contributed by atoms with van der Waals surface area (Å²) in [5.41, 5.74) is 0. The van der Waals surface area contributed by atoms with Gasteiger partial charge in [-0.05, 0) is 5.92 Å². The summed E-state index contributed by atoms with van der Waals surface area (Å²) in [7, 11) is 0. The summed E-state index contributed by atoms with van der Waals surface area (Å²) in [6.45, 7) is 0. The smallest absolute Gasteiger partial charge is 0.0939 e. The maximum Gasteiger partial charge on any atom is 0.261 e. The fraction of sp³-hybridized carbons (Fsp3) is 1.00. The quantitative estimate of drug-likeness (QED) is 0.423. The zero-order valence-electron chi connectivity index (χ0n) is 13.9. The van der Waals surface area contributed by atoms with Gasteiger partial charge in [0.1, 0.15) is 0 Å². The molecule has 3 saturated heterocycles. The molecule has 0 N–H and O–H groups in total. The Kier molecular flexibility index (Phi) is 9.42. The Bertz CT molecular complexity index is 164. The molecule has 116 valence electrons. The van der Waals surface area contributed by atoms with Crippen molar-refractivity contribution in [2.75, 3.05) is 0 Å². The Morgan fingerprint density at radius 3 is 1.15 bits per heavy atom. The first kappa shape index (κ1) is 16.9. The van der Waals surface area contributed by atoms with Crippen LogP contribution in [0.2, 0.25) is 15.8 Å². The topological polar surface area (TPSA) is 0 Å². The molecular formula is C19H37Al. The minimum absolute atomic E-state index is 0.340. The summed E-state index contributed by atoms with van der Waals surface area (Å²) in [5.74, 6) is 1.09. The SMILES string of the molecule is C1CC[CH2][Al]2[CH2]CCCCCC(CC1)CCCCC[CH2]2. The van der Waals surface area contributed by atoms with Crippen molar-refractivity contribution in [1.82, 2.24) is 0 Å². The number of hydrogen-bond donors (Lipinski definition) is 0. The molecule has 0 spiro atoms.